The van der Waals surface area contributed by atoms with Crippen molar-refractivity contribution < 1.29 is 8.42 Å². The van der Waals surface area contributed by atoms with E-state index < -0.39 is 10.9 Å². The van der Waals surface area contributed by atoms with E-state index >= 15 is 0 Å². The zero-order chi connectivity index (χ0) is 19.1. The Balaban J connectivity index is 0.000000481. The van der Waals surface area contributed by atoms with Crippen LogP contribution >= 0.6 is 0 Å². The Bertz CT molecular complexity index is 1100. The first-order chi connectivity index (χ1) is 13.1. The van der Waals surface area contributed by atoms with Crippen LogP contribution in [0.25, 0.3) is 21.9 Å². The highest BCUT2D eigenvalue weighted by Gasteiger charge is 2.06. The Morgan fingerprint density at radius 1 is 0.667 bits per heavy atom. The number of benzene rings is 4. The lowest BCUT2D eigenvalue weighted by Crippen LogP contribution is -1.92. The minimum absolute atomic E-state index is 0.962. The molecule has 27 heavy (non-hydrogen) atoms. The van der Waals surface area contributed by atoms with E-state index in [0.717, 1.165) is 6.42 Å². The van der Waals surface area contributed by atoms with Crippen LogP contribution in [0.3, 0.4) is 0 Å². The van der Waals surface area contributed by atoms with Crippen LogP contribution in [-0.2, 0) is 17.3 Å². The van der Waals surface area contributed by atoms with E-state index in [0.29, 0.717) is 0 Å². The van der Waals surface area contributed by atoms with Crippen molar-refractivity contribution in [2.75, 3.05) is 0 Å². The largest absolute Gasteiger partial charge is 0.231 e. The van der Waals surface area contributed by atoms with E-state index in [1.165, 1.54) is 33.0 Å². The summed E-state index contributed by atoms with van der Waals surface area (Å²) in [7, 11) is -2.62. The molecule has 0 saturated carbocycles. The van der Waals surface area contributed by atoms with Crippen molar-refractivity contribution in [1.82, 2.24) is 0 Å². The summed E-state index contributed by atoms with van der Waals surface area (Å²) >= 11 is 0. The summed E-state index contributed by atoms with van der Waals surface area (Å²) in [6.45, 7) is 0. The smallest absolute Gasteiger partial charge is 0.198 e. The molecule has 0 heterocycles. The number of nitrogens with two attached hydrogens (primary N) is 1. The summed E-state index contributed by atoms with van der Waals surface area (Å²) in [5.41, 5.74) is 5.33. The van der Waals surface area contributed by atoms with Crippen LogP contribution in [0.15, 0.2) is 97.1 Å². The van der Waals surface area contributed by atoms with Crippen molar-refractivity contribution >= 4 is 21.7 Å². The molecule has 0 aromatic heterocycles. The van der Waals surface area contributed by atoms with Crippen LogP contribution in [0.5, 0.6) is 0 Å². The normalized spacial score (nSPS) is 10.4. The number of hydrogen-bond donors (Lipinski definition) is 2. The van der Waals surface area contributed by atoms with Gasteiger partial charge in [-0.1, -0.05) is 91.0 Å². The molecule has 0 bridgehead atoms. The second-order valence-electron chi connectivity index (χ2n) is 6.17. The second-order valence-corrected chi connectivity index (χ2v) is 6.74. The van der Waals surface area contributed by atoms with E-state index in [2.05, 4.69) is 102 Å². The molecule has 0 aliphatic carbocycles. The highest BCUT2D eigenvalue weighted by molar-refractivity contribution is 7.69. The molecule has 4 aromatic carbocycles. The van der Waals surface area contributed by atoms with Crippen LogP contribution in [0.2, 0.25) is 0 Å². The lowest BCUT2D eigenvalue weighted by Gasteiger charge is -2.11. The first-order valence-corrected chi connectivity index (χ1v) is 9.88. The van der Waals surface area contributed by atoms with Crippen molar-refractivity contribution in [3.63, 3.8) is 0 Å². The predicted octanol–water partition coefficient (Wildman–Crippen LogP) is 4.57. The maximum Gasteiger partial charge on any atom is 0.198 e. The van der Waals surface area contributed by atoms with E-state index in [-0.39, 0.29) is 0 Å². The quantitative estimate of drug-likeness (QED) is 0.515. The molecular weight excluding hydrogens is 354 g/mol. The van der Waals surface area contributed by atoms with Crippen molar-refractivity contribution in [2.45, 2.75) is 6.42 Å². The summed E-state index contributed by atoms with van der Waals surface area (Å²) in [6, 6.07) is 34.6. The maximum absolute atomic E-state index is 8.81. The summed E-state index contributed by atoms with van der Waals surface area (Å²) in [5.74, 6) is 0. The molecule has 0 aliphatic heterocycles. The minimum atomic E-state index is -2.62. The molecule has 0 amide bonds. The summed E-state index contributed by atoms with van der Waals surface area (Å²) in [5, 5.41) is 6.64. The van der Waals surface area contributed by atoms with Crippen LogP contribution in [0.4, 0.5) is 0 Å². The van der Waals surface area contributed by atoms with Gasteiger partial charge >= 0.3 is 0 Å². The molecule has 0 saturated heterocycles. The third-order valence-electron chi connectivity index (χ3n) is 4.32. The third kappa shape index (κ3) is 5.26. The van der Waals surface area contributed by atoms with Crippen LogP contribution in [0, 0.1) is 0 Å². The van der Waals surface area contributed by atoms with Gasteiger partial charge in [0.25, 0.3) is 0 Å². The van der Waals surface area contributed by atoms with Crippen molar-refractivity contribution in [2.24, 2.45) is 5.14 Å². The van der Waals surface area contributed by atoms with Gasteiger partial charge in [-0.3, -0.25) is 0 Å². The van der Waals surface area contributed by atoms with Crippen LogP contribution < -0.4 is 5.14 Å². The SMILES string of the molecule is N[SH](=O)=O.c1ccc(Cc2ccccc2-c2ccc3ccccc3c2)cc1. The lowest BCUT2D eigenvalue weighted by molar-refractivity contribution is 0.616. The Morgan fingerprint density at radius 2 is 1.26 bits per heavy atom. The topological polar surface area (TPSA) is 60.2 Å². The average molecular weight is 375 g/mol. The third-order valence-corrected chi connectivity index (χ3v) is 4.32. The first kappa shape index (κ1) is 18.8. The minimum Gasteiger partial charge on any atom is -0.231 e. The van der Waals surface area contributed by atoms with Gasteiger partial charge in [0, 0.05) is 0 Å². The Hall–Kier alpha value is -2.95. The molecule has 4 aromatic rings. The van der Waals surface area contributed by atoms with E-state index in [1.807, 2.05) is 0 Å². The van der Waals surface area contributed by atoms with Gasteiger partial charge in [-0.25, -0.2) is 13.6 Å². The van der Waals surface area contributed by atoms with Crippen molar-refractivity contribution in [1.29, 1.82) is 0 Å². The fourth-order valence-electron chi connectivity index (χ4n) is 3.13. The summed E-state index contributed by atoms with van der Waals surface area (Å²) < 4.78 is 17.6. The molecule has 0 fully saturated rings. The first-order valence-electron chi connectivity index (χ1n) is 8.63. The lowest BCUT2D eigenvalue weighted by atomic mass is 9.94. The van der Waals surface area contributed by atoms with E-state index in [4.69, 9.17) is 8.42 Å². The van der Waals surface area contributed by atoms with Gasteiger partial charge in [-0.05, 0) is 45.5 Å². The Morgan fingerprint density at radius 3 is 2.00 bits per heavy atom. The van der Waals surface area contributed by atoms with Gasteiger partial charge in [-0.15, -0.1) is 0 Å². The monoisotopic (exact) mass is 375 g/mol. The molecular formula is C23H21NO2S. The molecule has 0 atom stereocenters. The van der Waals surface area contributed by atoms with Gasteiger partial charge in [0.2, 0.25) is 0 Å². The molecule has 3 nitrogen and oxygen atoms in total. The van der Waals surface area contributed by atoms with Gasteiger partial charge < -0.3 is 0 Å². The number of thiol groups is 1. The molecule has 0 spiro atoms. The van der Waals surface area contributed by atoms with Gasteiger partial charge in [-0.2, -0.15) is 0 Å². The predicted molar refractivity (Wildman–Crippen MR) is 113 cm³/mol. The zero-order valence-corrected chi connectivity index (χ0v) is 15.7. The number of rotatable bonds is 3. The molecule has 0 unspecified atom stereocenters. The summed E-state index contributed by atoms with van der Waals surface area (Å²) in [6.07, 6.45) is 0.962. The van der Waals surface area contributed by atoms with Gasteiger partial charge in [0.05, 0.1) is 0 Å². The highest BCUT2D eigenvalue weighted by Crippen LogP contribution is 2.28. The molecule has 0 aliphatic rings. The van der Waals surface area contributed by atoms with Crippen molar-refractivity contribution in [3.8, 4) is 11.1 Å². The zero-order valence-electron chi connectivity index (χ0n) is 14.8. The molecule has 2 N–H and O–H groups in total. The van der Waals surface area contributed by atoms with E-state index in [1.54, 1.807) is 0 Å². The maximum atomic E-state index is 8.81. The molecule has 0 radical (unpaired) electrons. The number of fused-ring (bicyclic) bond motifs is 1. The van der Waals surface area contributed by atoms with Crippen LogP contribution in [0.1, 0.15) is 11.1 Å². The standard InChI is InChI=1S/C23H18.H3NO2S/c1-2-8-18(9-3-1)16-21-12-6-7-13-23(21)22-15-14-19-10-4-5-11-20(19)17-22;1-4(2)3/h1-15,17H,16H2;4H,(H2,1,2,3). The second kappa shape index (κ2) is 9.12. The number of hydrogen-bond acceptors (Lipinski definition) is 2. The summed E-state index contributed by atoms with van der Waals surface area (Å²) in [4.78, 5) is 0. The Kier molecular flexibility index (Phi) is 6.36. The molecule has 4 rings (SSSR count). The average Bonchev–Trinajstić information content (AvgIpc) is 2.68. The fourth-order valence-corrected chi connectivity index (χ4v) is 3.13. The molecule has 136 valence electrons. The fraction of sp³-hybridized carbons (Fsp3) is 0.0435. The highest BCUT2D eigenvalue weighted by atomic mass is 32.2. The van der Waals surface area contributed by atoms with Gasteiger partial charge in [0.1, 0.15) is 0 Å². The van der Waals surface area contributed by atoms with Crippen LogP contribution in [-0.4, -0.2) is 8.42 Å². The van der Waals surface area contributed by atoms with E-state index in [9.17, 15) is 0 Å². The molecule has 4 heteroatoms. The van der Waals surface area contributed by atoms with Gasteiger partial charge in [0.15, 0.2) is 10.9 Å². The van der Waals surface area contributed by atoms with Crippen molar-refractivity contribution in [3.05, 3.63) is 108 Å². The Labute approximate surface area is 161 Å².